The molecule has 1 N–H and O–H groups in total. The Morgan fingerprint density at radius 3 is 2.39 bits per heavy atom. The molecule has 0 aliphatic rings. The monoisotopic (exact) mass is 351 g/mol. The van der Waals surface area contributed by atoms with Gasteiger partial charge < -0.3 is 10.1 Å². The first kappa shape index (κ1) is 17.3. The number of hydrogen-bond donors (Lipinski definition) is 1. The molecule has 0 aliphatic heterocycles. The largest absolute Gasteiger partial charge is 0.449 e. The summed E-state index contributed by atoms with van der Waals surface area (Å²) in [6, 6.07) is 11.9. The highest BCUT2D eigenvalue weighted by Gasteiger charge is 2.21. The molecule has 1 amide bonds. The van der Waals surface area contributed by atoms with E-state index < -0.39 is 18.0 Å². The van der Waals surface area contributed by atoms with Crippen molar-refractivity contribution in [2.75, 3.05) is 5.32 Å². The Bertz CT molecular complexity index is 729. The molecule has 6 heteroatoms. The summed E-state index contributed by atoms with van der Waals surface area (Å²) in [6.07, 6.45) is -0.973. The van der Waals surface area contributed by atoms with Crippen molar-refractivity contribution < 1.29 is 14.3 Å². The zero-order valence-corrected chi connectivity index (χ0v) is 14.1. The van der Waals surface area contributed by atoms with Gasteiger partial charge in [0.2, 0.25) is 0 Å². The van der Waals surface area contributed by atoms with Crippen molar-refractivity contribution >= 4 is 40.8 Å². The topological polar surface area (TPSA) is 55.4 Å². The molecule has 0 saturated carbocycles. The number of amides is 1. The molecule has 0 bridgehead atoms. The van der Waals surface area contributed by atoms with Crippen LogP contribution in [0.25, 0.3) is 0 Å². The van der Waals surface area contributed by atoms with Crippen LogP contribution in [0.3, 0.4) is 0 Å². The lowest BCUT2D eigenvalue weighted by atomic mass is 10.2. The maximum atomic E-state index is 12.1. The van der Waals surface area contributed by atoms with E-state index in [-0.39, 0.29) is 15.6 Å². The Hall–Kier alpha value is -2.04. The number of carbonyl (C=O) groups excluding carboxylic acids is 2. The van der Waals surface area contributed by atoms with Crippen LogP contribution >= 0.6 is 23.2 Å². The van der Waals surface area contributed by atoms with Gasteiger partial charge in [-0.2, -0.15) is 0 Å². The van der Waals surface area contributed by atoms with Gasteiger partial charge in [0.05, 0.1) is 15.6 Å². The molecule has 0 saturated heterocycles. The first-order valence-electron chi connectivity index (χ1n) is 6.91. The maximum Gasteiger partial charge on any atom is 0.340 e. The number of hydrogen-bond acceptors (Lipinski definition) is 3. The molecule has 2 aromatic carbocycles. The summed E-state index contributed by atoms with van der Waals surface area (Å²) in [4.78, 5) is 24.2. The van der Waals surface area contributed by atoms with Crippen LogP contribution in [0, 0.1) is 6.92 Å². The Morgan fingerprint density at radius 1 is 1.09 bits per heavy atom. The fourth-order valence-corrected chi connectivity index (χ4v) is 2.20. The summed E-state index contributed by atoms with van der Waals surface area (Å²) < 4.78 is 5.14. The van der Waals surface area contributed by atoms with Gasteiger partial charge in [0, 0.05) is 5.69 Å². The van der Waals surface area contributed by atoms with E-state index in [9.17, 15) is 9.59 Å². The Balaban J connectivity index is 2.01. The van der Waals surface area contributed by atoms with Crippen LogP contribution in [0.15, 0.2) is 42.5 Å². The Morgan fingerprint density at radius 2 is 1.74 bits per heavy atom. The predicted molar refractivity (Wildman–Crippen MR) is 91.1 cm³/mol. The van der Waals surface area contributed by atoms with Gasteiger partial charge in [0.25, 0.3) is 5.91 Å². The molecule has 1 atom stereocenters. The summed E-state index contributed by atoms with van der Waals surface area (Å²) in [7, 11) is 0. The van der Waals surface area contributed by atoms with Gasteiger partial charge in [-0.15, -0.1) is 0 Å². The summed E-state index contributed by atoms with van der Waals surface area (Å²) in [5, 5.41) is 3.03. The molecule has 2 rings (SSSR count). The maximum absolute atomic E-state index is 12.1. The van der Waals surface area contributed by atoms with Crippen molar-refractivity contribution in [3.63, 3.8) is 0 Å². The van der Waals surface area contributed by atoms with E-state index >= 15 is 0 Å². The van der Waals surface area contributed by atoms with Crippen LogP contribution in [-0.4, -0.2) is 18.0 Å². The molecular weight excluding hydrogens is 337 g/mol. The van der Waals surface area contributed by atoms with Crippen LogP contribution in [0.1, 0.15) is 22.8 Å². The van der Waals surface area contributed by atoms with Gasteiger partial charge in [-0.05, 0) is 38.1 Å². The highest BCUT2D eigenvalue weighted by atomic mass is 35.5. The lowest BCUT2D eigenvalue weighted by Crippen LogP contribution is -2.30. The zero-order chi connectivity index (χ0) is 17.0. The zero-order valence-electron chi connectivity index (χ0n) is 12.6. The molecule has 0 radical (unpaired) electrons. The fourth-order valence-electron chi connectivity index (χ4n) is 1.82. The molecular formula is C17H15Cl2NO3. The lowest BCUT2D eigenvalue weighted by molar-refractivity contribution is -0.123. The van der Waals surface area contributed by atoms with Crippen molar-refractivity contribution in [3.05, 3.63) is 63.6 Å². The minimum Gasteiger partial charge on any atom is -0.449 e. The molecule has 120 valence electrons. The van der Waals surface area contributed by atoms with Gasteiger partial charge >= 0.3 is 5.97 Å². The molecule has 0 aromatic heterocycles. The smallest absolute Gasteiger partial charge is 0.340 e. The summed E-state index contributed by atoms with van der Waals surface area (Å²) in [5.41, 5.74) is 1.83. The SMILES string of the molecule is Cc1ccc(NC(=O)[C@@H](C)OC(=O)c2cccc(Cl)c2Cl)cc1. The van der Waals surface area contributed by atoms with Gasteiger partial charge in [0.1, 0.15) is 0 Å². The molecule has 0 fully saturated rings. The Kier molecular flexibility index (Phi) is 5.64. The minimum absolute atomic E-state index is 0.102. The first-order valence-corrected chi connectivity index (χ1v) is 7.66. The van der Waals surface area contributed by atoms with E-state index in [4.69, 9.17) is 27.9 Å². The molecule has 2 aromatic rings. The van der Waals surface area contributed by atoms with E-state index in [1.807, 2.05) is 19.1 Å². The standard InChI is InChI=1S/C17H15Cl2NO3/c1-10-6-8-12(9-7-10)20-16(21)11(2)23-17(22)13-4-3-5-14(18)15(13)19/h3-9,11H,1-2H3,(H,20,21)/t11-/m1/s1. The average molecular weight is 352 g/mol. The highest BCUT2D eigenvalue weighted by Crippen LogP contribution is 2.26. The molecule has 4 nitrogen and oxygen atoms in total. The summed E-state index contributed by atoms with van der Waals surface area (Å²) in [5.74, 6) is -1.13. The van der Waals surface area contributed by atoms with Gasteiger partial charge in [-0.25, -0.2) is 4.79 Å². The van der Waals surface area contributed by atoms with Crippen molar-refractivity contribution in [2.45, 2.75) is 20.0 Å². The van der Waals surface area contributed by atoms with E-state index in [0.717, 1.165) is 5.56 Å². The van der Waals surface area contributed by atoms with Crippen LogP contribution < -0.4 is 5.32 Å². The van der Waals surface area contributed by atoms with Crippen molar-refractivity contribution in [2.24, 2.45) is 0 Å². The summed E-state index contributed by atoms with van der Waals surface area (Å²) in [6.45, 7) is 3.44. The third kappa shape index (κ3) is 4.47. The van der Waals surface area contributed by atoms with Gasteiger partial charge in [-0.3, -0.25) is 4.79 Å². The minimum atomic E-state index is -0.973. The lowest BCUT2D eigenvalue weighted by Gasteiger charge is -2.14. The second-order valence-corrected chi connectivity index (χ2v) is 5.79. The first-order chi connectivity index (χ1) is 10.9. The third-order valence-corrected chi connectivity index (χ3v) is 3.96. The van der Waals surface area contributed by atoms with Crippen LogP contribution in [-0.2, 0) is 9.53 Å². The second-order valence-electron chi connectivity index (χ2n) is 5.00. The number of esters is 1. The molecule has 0 aliphatic carbocycles. The van der Waals surface area contributed by atoms with E-state index in [1.165, 1.54) is 13.0 Å². The Labute approximate surface area is 144 Å². The van der Waals surface area contributed by atoms with Crippen molar-refractivity contribution in [3.8, 4) is 0 Å². The number of halogens is 2. The fraction of sp³-hybridized carbons (Fsp3) is 0.176. The number of nitrogens with one attached hydrogen (secondary N) is 1. The van der Waals surface area contributed by atoms with E-state index in [0.29, 0.717) is 5.69 Å². The van der Waals surface area contributed by atoms with Crippen LogP contribution in [0.2, 0.25) is 10.0 Å². The number of aryl methyl sites for hydroxylation is 1. The molecule has 0 heterocycles. The summed E-state index contributed by atoms with van der Waals surface area (Å²) >= 11 is 11.8. The molecule has 23 heavy (non-hydrogen) atoms. The van der Waals surface area contributed by atoms with Gasteiger partial charge in [0.15, 0.2) is 6.10 Å². The molecule has 0 spiro atoms. The number of benzene rings is 2. The van der Waals surface area contributed by atoms with Crippen molar-refractivity contribution in [1.29, 1.82) is 0 Å². The quantitative estimate of drug-likeness (QED) is 0.825. The third-order valence-electron chi connectivity index (χ3n) is 3.14. The van der Waals surface area contributed by atoms with E-state index in [1.54, 1.807) is 24.3 Å². The number of ether oxygens (including phenoxy) is 1. The predicted octanol–water partition coefficient (Wildman–Crippen LogP) is 4.49. The van der Waals surface area contributed by atoms with Crippen molar-refractivity contribution in [1.82, 2.24) is 0 Å². The van der Waals surface area contributed by atoms with Gasteiger partial charge in [-0.1, -0.05) is 47.0 Å². The number of rotatable bonds is 4. The van der Waals surface area contributed by atoms with E-state index in [2.05, 4.69) is 5.32 Å². The number of carbonyl (C=O) groups is 2. The van der Waals surface area contributed by atoms with Crippen LogP contribution in [0.4, 0.5) is 5.69 Å². The average Bonchev–Trinajstić information content (AvgIpc) is 2.52. The molecule has 0 unspecified atom stereocenters. The number of anilines is 1. The highest BCUT2D eigenvalue weighted by molar-refractivity contribution is 6.43. The van der Waals surface area contributed by atoms with Crippen LogP contribution in [0.5, 0.6) is 0 Å². The normalized spacial score (nSPS) is 11.7. The second kappa shape index (κ2) is 7.49.